The minimum atomic E-state index is -3.80. The first-order chi connectivity index (χ1) is 14.6. The number of aryl methyl sites for hydroxylation is 1. The number of amides is 2. The molecule has 1 aromatic carbocycles. The first-order valence-electron chi connectivity index (χ1n) is 11.3. The number of carbonyl (C=O) groups is 2. The van der Waals surface area contributed by atoms with Crippen molar-refractivity contribution in [1.29, 1.82) is 0 Å². The van der Waals surface area contributed by atoms with E-state index in [0.717, 1.165) is 44.1 Å². The Kier molecular flexibility index (Phi) is 4.75. The Morgan fingerprint density at radius 2 is 1.77 bits per heavy atom. The molecule has 5 saturated carbocycles. The van der Waals surface area contributed by atoms with Crippen molar-refractivity contribution in [3.63, 3.8) is 0 Å². The Morgan fingerprint density at radius 1 is 1.10 bits per heavy atom. The van der Waals surface area contributed by atoms with Gasteiger partial charge in [-0.2, -0.15) is 4.72 Å². The second kappa shape index (κ2) is 7.04. The molecule has 5 aliphatic rings. The molecule has 168 valence electrons. The zero-order valence-electron chi connectivity index (χ0n) is 17.9. The van der Waals surface area contributed by atoms with E-state index in [2.05, 4.69) is 10.0 Å². The Labute approximate surface area is 183 Å². The summed E-state index contributed by atoms with van der Waals surface area (Å²) in [5, 5.41) is 3.23. The monoisotopic (exact) mass is 445 g/mol. The zero-order chi connectivity index (χ0) is 22.0. The molecule has 0 saturated heterocycles. The van der Waals surface area contributed by atoms with Crippen LogP contribution in [0, 0.1) is 30.1 Å². The fourth-order valence-electron chi connectivity index (χ4n) is 6.86. The van der Waals surface area contributed by atoms with Crippen LogP contribution in [0.2, 0.25) is 0 Å². The SMILES string of the molecule is Cc1cccc(S(=O)(=O)NC2(C(=O)NC3C4CC5CC3CC(C(N)=O)(C5)C4)CCC2)c1. The number of sulfonamides is 1. The van der Waals surface area contributed by atoms with Gasteiger partial charge in [-0.05, 0) is 93.7 Å². The lowest BCUT2D eigenvalue weighted by Crippen LogP contribution is -2.68. The van der Waals surface area contributed by atoms with Gasteiger partial charge in [0.15, 0.2) is 0 Å². The number of nitrogens with one attached hydrogen (secondary N) is 2. The minimum Gasteiger partial charge on any atom is -0.369 e. The lowest BCUT2D eigenvalue weighted by molar-refractivity contribution is -0.149. The average molecular weight is 446 g/mol. The summed E-state index contributed by atoms with van der Waals surface area (Å²) < 4.78 is 28.8. The van der Waals surface area contributed by atoms with Crippen molar-refractivity contribution in [3.8, 4) is 0 Å². The predicted molar refractivity (Wildman–Crippen MR) is 115 cm³/mol. The number of carbonyl (C=O) groups excluding carboxylic acids is 2. The van der Waals surface area contributed by atoms with E-state index in [1.165, 1.54) is 0 Å². The largest absolute Gasteiger partial charge is 0.369 e. The van der Waals surface area contributed by atoms with E-state index in [0.29, 0.717) is 18.8 Å². The van der Waals surface area contributed by atoms with Crippen LogP contribution in [0.5, 0.6) is 0 Å². The summed E-state index contributed by atoms with van der Waals surface area (Å²) in [6.07, 6.45) is 6.20. The van der Waals surface area contributed by atoms with Gasteiger partial charge in [0.2, 0.25) is 21.8 Å². The van der Waals surface area contributed by atoms with E-state index < -0.39 is 21.0 Å². The first kappa shape index (κ1) is 20.9. The van der Waals surface area contributed by atoms with Crippen molar-refractivity contribution in [1.82, 2.24) is 10.0 Å². The molecule has 31 heavy (non-hydrogen) atoms. The van der Waals surface area contributed by atoms with Gasteiger partial charge in [0.25, 0.3) is 0 Å². The number of primary amides is 1. The summed E-state index contributed by atoms with van der Waals surface area (Å²) in [5.41, 5.74) is 5.14. The van der Waals surface area contributed by atoms with Crippen molar-refractivity contribution in [2.24, 2.45) is 28.9 Å². The van der Waals surface area contributed by atoms with Crippen LogP contribution in [0.25, 0.3) is 0 Å². The standard InChI is InChI=1S/C23H31N3O4S/c1-14-4-2-5-18(8-14)31(29,30)26-23(6-3-7-23)21(28)25-19-16-9-15-10-17(19)13-22(11-15,12-16)20(24)27/h2,4-5,8,15-17,19,26H,3,6-7,9-13H2,1H3,(H2,24,27)(H,25,28). The number of nitrogens with two attached hydrogens (primary N) is 1. The molecule has 6 rings (SSSR count). The maximum Gasteiger partial charge on any atom is 0.241 e. The van der Waals surface area contributed by atoms with Gasteiger partial charge in [-0.1, -0.05) is 12.1 Å². The minimum absolute atomic E-state index is 0.00234. The normalized spacial score (nSPS) is 35.4. The Bertz CT molecular complexity index is 1020. The van der Waals surface area contributed by atoms with Crippen LogP contribution in [0.1, 0.15) is 56.9 Å². The zero-order valence-corrected chi connectivity index (χ0v) is 18.7. The number of hydrogen-bond donors (Lipinski definition) is 3. The maximum atomic E-state index is 13.4. The highest BCUT2D eigenvalue weighted by atomic mass is 32.2. The van der Waals surface area contributed by atoms with Crippen molar-refractivity contribution in [3.05, 3.63) is 29.8 Å². The number of benzene rings is 1. The molecule has 5 aliphatic carbocycles. The molecule has 5 fully saturated rings. The summed E-state index contributed by atoms with van der Waals surface area (Å²) in [6.45, 7) is 1.84. The summed E-state index contributed by atoms with van der Waals surface area (Å²) >= 11 is 0. The molecule has 0 aromatic heterocycles. The molecule has 2 amide bonds. The molecule has 0 spiro atoms. The van der Waals surface area contributed by atoms with Gasteiger partial charge in [-0.15, -0.1) is 0 Å². The van der Waals surface area contributed by atoms with Crippen LogP contribution in [-0.4, -0.2) is 31.8 Å². The van der Waals surface area contributed by atoms with Crippen molar-refractivity contribution < 1.29 is 18.0 Å². The molecule has 0 radical (unpaired) electrons. The van der Waals surface area contributed by atoms with Crippen LogP contribution < -0.4 is 15.8 Å². The van der Waals surface area contributed by atoms with Crippen molar-refractivity contribution in [2.75, 3.05) is 0 Å². The first-order valence-corrected chi connectivity index (χ1v) is 12.8. The number of rotatable bonds is 6. The number of hydrogen-bond acceptors (Lipinski definition) is 4. The quantitative estimate of drug-likeness (QED) is 0.620. The fourth-order valence-corrected chi connectivity index (χ4v) is 8.38. The molecule has 0 heterocycles. The summed E-state index contributed by atoms with van der Waals surface area (Å²) in [4.78, 5) is 25.8. The van der Waals surface area contributed by atoms with Crippen LogP contribution in [0.3, 0.4) is 0 Å². The second-order valence-corrected chi connectivity index (χ2v) is 12.2. The van der Waals surface area contributed by atoms with Crippen molar-refractivity contribution in [2.45, 2.75) is 74.8 Å². The molecule has 4 bridgehead atoms. The fraction of sp³-hybridized carbons (Fsp3) is 0.652. The lowest BCUT2D eigenvalue weighted by atomic mass is 9.47. The Hall–Kier alpha value is -1.93. The Balaban J connectivity index is 1.34. The smallest absolute Gasteiger partial charge is 0.241 e. The van der Waals surface area contributed by atoms with Gasteiger partial charge < -0.3 is 11.1 Å². The predicted octanol–water partition coefficient (Wildman–Crippen LogP) is 1.99. The van der Waals surface area contributed by atoms with Gasteiger partial charge in [-0.25, -0.2) is 8.42 Å². The summed E-state index contributed by atoms with van der Waals surface area (Å²) in [6, 6.07) is 6.72. The molecular formula is C23H31N3O4S. The van der Waals surface area contributed by atoms with E-state index in [1.807, 2.05) is 13.0 Å². The van der Waals surface area contributed by atoms with Crippen LogP contribution >= 0.6 is 0 Å². The van der Waals surface area contributed by atoms with Gasteiger partial charge >= 0.3 is 0 Å². The molecule has 0 aliphatic heterocycles. The average Bonchev–Trinajstić information content (AvgIpc) is 2.67. The lowest BCUT2D eigenvalue weighted by Gasteiger charge is -2.59. The van der Waals surface area contributed by atoms with Gasteiger partial charge in [-0.3, -0.25) is 9.59 Å². The van der Waals surface area contributed by atoms with Gasteiger partial charge in [0.05, 0.1) is 4.90 Å². The van der Waals surface area contributed by atoms with E-state index >= 15 is 0 Å². The highest BCUT2D eigenvalue weighted by Gasteiger charge is 2.59. The topological polar surface area (TPSA) is 118 Å². The summed E-state index contributed by atoms with van der Waals surface area (Å²) in [5.74, 6) is 0.579. The molecular weight excluding hydrogens is 414 g/mol. The van der Waals surface area contributed by atoms with Gasteiger partial charge in [0.1, 0.15) is 5.54 Å². The van der Waals surface area contributed by atoms with E-state index in [4.69, 9.17) is 5.73 Å². The summed E-state index contributed by atoms with van der Waals surface area (Å²) in [7, 11) is -3.80. The molecule has 7 nitrogen and oxygen atoms in total. The highest BCUT2D eigenvalue weighted by Crippen LogP contribution is 2.60. The molecule has 1 aromatic rings. The third-order valence-electron chi connectivity index (χ3n) is 8.36. The molecule has 2 unspecified atom stereocenters. The Morgan fingerprint density at radius 3 is 2.32 bits per heavy atom. The molecule has 4 N–H and O–H groups in total. The van der Waals surface area contributed by atoms with E-state index in [1.54, 1.807) is 18.2 Å². The van der Waals surface area contributed by atoms with E-state index in [9.17, 15) is 18.0 Å². The third-order valence-corrected chi connectivity index (χ3v) is 9.90. The van der Waals surface area contributed by atoms with Crippen LogP contribution in [0.4, 0.5) is 0 Å². The van der Waals surface area contributed by atoms with Crippen LogP contribution in [-0.2, 0) is 19.6 Å². The molecule has 2 atom stereocenters. The van der Waals surface area contributed by atoms with Crippen molar-refractivity contribution >= 4 is 21.8 Å². The van der Waals surface area contributed by atoms with Gasteiger partial charge in [0, 0.05) is 11.5 Å². The molecule has 8 heteroatoms. The highest BCUT2D eigenvalue weighted by molar-refractivity contribution is 7.89. The van der Waals surface area contributed by atoms with Crippen LogP contribution in [0.15, 0.2) is 29.2 Å². The van der Waals surface area contributed by atoms with E-state index in [-0.39, 0.29) is 34.6 Å². The maximum absolute atomic E-state index is 13.4. The second-order valence-electron chi connectivity index (χ2n) is 10.5. The third kappa shape index (κ3) is 3.39.